The van der Waals surface area contributed by atoms with Crippen LogP contribution in [0.4, 0.5) is 11.8 Å². The topological polar surface area (TPSA) is 67.8 Å². The van der Waals surface area contributed by atoms with E-state index in [-0.39, 0.29) is 6.10 Å². The molecule has 202 valence electrons. The van der Waals surface area contributed by atoms with Gasteiger partial charge in [-0.25, -0.2) is 4.98 Å². The Balaban J connectivity index is 1.23. The summed E-state index contributed by atoms with van der Waals surface area (Å²) in [7, 11) is 0. The van der Waals surface area contributed by atoms with E-state index in [0.29, 0.717) is 18.1 Å². The van der Waals surface area contributed by atoms with Gasteiger partial charge in [0, 0.05) is 44.0 Å². The molecule has 2 unspecified atom stereocenters. The van der Waals surface area contributed by atoms with Gasteiger partial charge in [0.1, 0.15) is 5.82 Å². The molecular weight excluding hydrogens is 448 g/mol. The molecule has 7 nitrogen and oxygen atoms in total. The van der Waals surface area contributed by atoms with Crippen LogP contribution in [0.5, 0.6) is 0 Å². The van der Waals surface area contributed by atoms with Crippen LogP contribution in [-0.4, -0.2) is 88.4 Å². The van der Waals surface area contributed by atoms with Crippen LogP contribution in [0.25, 0.3) is 0 Å². The summed E-state index contributed by atoms with van der Waals surface area (Å²) in [5.74, 6) is 1.89. The van der Waals surface area contributed by atoms with Crippen molar-refractivity contribution in [1.82, 2.24) is 19.8 Å². The van der Waals surface area contributed by atoms with Crippen molar-refractivity contribution in [3.05, 3.63) is 12.3 Å². The van der Waals surface area contributed by atoms with Crippen LogP contribution in [0, 0.1) is 0 Å². The minimum absolute atomic E-state index is 0.0885. The molecule has 2 N–H and O–H groups in total. The van der Waals surface area contributed by atoms with Gasteiger partial charge < -0.3 is 20.2 Å². The molecule has 0 aromatic carbocycles. The summed E-state index contributed by atoms with van der Waals surface area (Å²) < 4.78 is 0. The summed E-state index contributed by atoms with van der Waals surface area (Å²) in [6.45, 7) is 7.18. The third kappa shape index (κ3) is 7.11. The highest BCUT2D eigenvalue weighted by molar-refractivity contribution is 5.43. The smallest absolute Gasteiger partial charge is 0.224 e. The summed E-state index contributed by atoms with van der Waals surface area (Å²) in [4.78, 5) is 17.6. The number of aliphatic hydroxyl groups is 1. The molecule has 3 saturated heterocycles. The van der Waals surface area contributed by atoms with Crippen molar-refractivity contribution in [1.29, 1.82) is 0 Å². The second-order valence-electron chi connectivity index (χ2n) is 11.8. The molecule has 4 aliphatic rings. The van der Waals surface area contributed by atoms with Crippen LogP contribution in [0.1, 0.15) is 96.3 Å². The lowest BCUT2D eigenvalue weighted by atomic mass is 9.91. The maximum absolute atomic E-state index is 10.1. The first kappa shape index (κ1) is 26.2. The fourth-order valence-electron chi connectivity index (χ4n) is 7.20. The molecule has 36 heavy (non-hydrogen) atoms. The Bertz CT molecular complexity index is 769. The second-order valence-corrected chi connectivity index (χ2v) is 11.8. The van der Waals surface area contributed by atoms with Crippen molar-refractivity contribution in [2.45, 2.75) is 121 Å². The number of nitrogens with one attached hydrogen (secondary N) is 1. The predicted octanol–water partition coefficient (Wildman–Crippen LogP) is 4.67. The zero-order valence-electron chi connectivity index (χ0n) is 22.5. The van der Waals surface area contributed by atoms with Gasteiger partial charge in [-0.2, -0.15) is 4.98 Å². The fourth-order valence-corrected chi connectivity index (χ4v) is 7.20. The van der Waals surface area contributed by atoms with Gasteiger partial charge in [0.25, 0.3) is 0 Å². The predicted molar refractivity (Wildman–Crippen MR) is 148 cm³/mol. The standard InChI is InChI=1S/C29H50N6O/c36-25-13-11-24(12-14-25)35-23-16-26(27(35)10-9-20-33-18-5-1-2-6-19-33)31-29-30-17-15-28(32-29)34-21-7-3-4-8-22-34/h15,17,24-27,36H,1-14,16,18-23H2,(H,30,31,32). The third-order valence-corrected chi connectivity index (χ3v) is 9.28. The van der Waals surface area contributed by atoms with Crippen molar-refractivity contribution in [2.75, 3.05) is 49.5 Å². The van der Waals surface area contributed by atoms with E-state index in [1.807, 2.05) is 6.20 Å². The molecule has 3 aliphatic heterocycles. The molecule has 1 aliphatic carbocycles. The fraction of sp³-hybridized carbons (Fsp3) is 0.862. The average Bonchev–Trinajstić information content (AvgIpc) is 3.11. The van der Waals surface area contributed by atoms with E-state index in [2.05, 4.69) is 31.1 Å². The lowest BCUT2D eigenvalue weighted by molar-refractivity contribution is 0.0643. The van der Waals surface area contributed by atoms with Crippen molar-refractivity contribution in [3.8, 4) is 0 Å². The molecule has 1 aromatic heterocycles. The van der Waals surface area contributed by atoms with E-state index >= 15 is 0 Å². The van der Waals surface area contributed by atoms with E-state index in [9.17, 15) is 5.11 Å². The van der Waals surface area contributed by atoms with E-state index in [4.69, 9.17) is 4.98 Å². The summed E-state index contributed by atoms with van der Waals surface area (Å²) in [6.07, 6.45) is 20.5. The highest BCUT2D eigenvalue weighted by Crippen LogP contribution is 2.33. The number of likely N-dealkylation sites (tertiary alicyclic amines) is 2. The molecule has 0 radical (unpaired) electrons. The number of anilines is 2. The molecule has 7 heteroatoms. The molecule has 4 heterocycles. The quantitative estimate of drug-likeness (QED) is 0.540. The SMILES string of the molecule is OC1CCC(N2CCC(Nc3nccc(N4CCCCCC4)n3)C2CCCN2CCCCCC2)CC1. The molecule has 5 rings (SSSR count). The second kappa shape index (κ2) is 13.4. The van der Waals surface area contributed by atoms with Gasteiger partial charge in [0.05, 0.1) is 6.10 Å². The summed E-state index contributed by atoms with van der Waals surface area (Å²) >= 11 is 0. The average molecular weight is 499 g/mol. The number of hydrogen-bond acceptors (Lipinski definition) is 7. The van der Waals surface area contributed by atoms with Crippen molar-refractivity contribution in [2.24, 2.45) is 0 Å². The molecule has 1 saturated carbocycles. The lowest BCUT2D eigenvalue weighted by Gasteiger charge is -2.38. The molecule has 0 bridgehead atoms. The van der Waals surface area contributed by atoms with E-state index in [1.54, 1.807) is 0 Å². The Labute approximate surface area is 219 Å². The third-order valence-electron chi connectivity index (χ3n) is 9.28. The van der Waals surface area contributed by atoms with Crippen LogP contribution in [0.2, 0.25) is 0 Å². The maximum Gasteiger partial charge on any atom is 0.224 e. The Hall–Kier alpha value is -1.44. The molecule has 0 spiro atoms. The first-order valence-corrected chi connectivity index (χ1v) is 15.3. The monoisotopic (exact) mass is 498 g/mol. The summed E-state index contributed by atoms with van der Waals surface area (Å²) in [5.41, 5.74) is 0. The van der Waals surface area contributed by atoms with Crippen LogP contribution >= 0.6 is 0 Å². The number of aromatic nitrogens is 2. The van der Waals surface area contributed by atoms with Crippen molar-refractivity contribution in [3.63, 3.8) is 0 Å². The number of rotatable bonds is 8. The van der Waals surface area contributed by atoms with Gasteiger partial charge >= 0.3 is 0 Å². The maximum atomic E-state index is 10.1. The van der Waals surface area contributed by atoms with Gasteiger partial charge in [0.2, 0.25) is 5.95 Å². The van der Waals surface area contributed by atoms with Crippen molar-refractivity contribution >= 4 is 11.8 Å². The Morgan fingerprint density at radius 1 is 0.833 bits per heavy atom. The first-order valence-electron chi connectivity index (χ1n) is 15.3. The summed E-state index contributed by atoms with van der Waals surface area (Å²) in [5, 5.41) is 13.9. The Morgan fingerprint density at radius 2 is 1.53 bits per heavy atom. The number of nitrogens with zero attached hydrogens (tertiary/aromatic N) is 5. The van der Waals surface area contributed by atoms with Gasteiger partial charge in [-0.1, -0.05) is 25.7 Å². The van der Waals surface area contributed by atoms with Crippen LogP contribution < -0.4 is 10.2 Å². The van der Waals surface area contributed by atoms with Gasteiger partial charge in [0.15, 0.2) is 0 Å². The van der Waals surface area contributed by atoms with Crippen LogP contribution in [0.15, 0.2) is 12.3 Å². The minimum atomic E-state index is -0.0885. The molecular formula is C29H50N6O. The van der Waals surface area contributed by atoms with Gasteiger partial charge in [-0.3, -0.25) is 4.90 Å². The molecule has 1 aromatic rings. The number of hydrogen-bond donors (Lipinski definition) is 2. The van der Waals surface area contributed by atoms with Gasteiger partial charge in [-0.05, 0) is 96.3 Å². The molecule has 0 amide bonds. The van der Waals surface area contributed by atoms with Crippen LogP contribution in [-0.2, 0) is 0 Å². The minimum Gasteiger partial charge on any atom is -0.393 e. The summed E-state index contributed by atoms with van der Waals surface area (Å²) in [6, 6.07) is 3.64. The molecule has 4 fully saturated rings. The van der Waals surface area contributed by atoms with Gasteiger partial charge in [-0.15, -0.1) is 0 Å². The van der Waals surface area contributed by atoms with E-state index in [0.717, 1.165) is 63.5 Å². The Kier molecular flexibility index (Phi) is 9.73. The first-order chi connectivity index (χ1) is 17.8. The molecule has 2 atom stereocenters. The Morgan fingerprint density at radius 3 is 2.25 bits per heavy atom. The highest BCUT2D eigenvalue weighted by Gasteiger charge is 2.39. The highest BCUT2D eigenvalue weighted by atomic mass is 16.3. The van der Waals surface area contributed by atoms with E-state index in [1.165, 1.54) is 83.8 Å². The largest absolute Gasteiger partial charge is 0.393 e. The zero-order valence-corrected chi connectivity index (χ0v) is 22.5. The normalized spacial score (nSPS) is 31.2. The number of aliphatic hydroxyl groups excluding tert-OH is 1. The van der Waals surface area contributed by atoms with E-state index < -0.39 is 0 Å². The van der Waals surface area contributed by atoms with Crippen molar-refractivity contribution < 1.29 is 5.11 Å². The zero-order chi connectivity index (χ0) is 24.6. The lowest BCUT2D eigenvalue weighted by Crippen LogP contribution is -2.46. The van der Waals surface area contributed by atoms with Crippen LogP contribution in [0.3, 0.4) is 0 Å².